The maximum atomic E-state index is 12.5. The molecule has 0 atom stereocenters. The Morgan fingerprint density at radius 2 is 1.68 bits per heavy atom. The predicted octanol–water partition coefficient (Wildman–Crippen LogP) is 3.02. The van der Waals surface area contributed by atoms with E-state index in [1.165, 1.54) is 5.56 Å². The second-order valence-electron chi connectivity index (χ2n) is 5.03. The van der Waals surface area contributed by atoms with E-state index >= 15 is 0 Å². The molecule has 0 unspecified atom stereocenters. The summed E-state index contributed by atoms with van der Waals surface area (Å²) < 4.78 is 10.4. The highest BCUT2D eigenvalue weighted by atomic mass is 16.5. The van der Waals surface area contributed by atoms with E-state index < -0.39 is 0 Å². The smallest absolute Gasteiger partial charge is 0.257 e. The number of carbonyl (C=O) groups is 1. The zero-order valence-corrected chi connectivity index (χ0v) is 13.2. The first-order valence-electron chi connectivity index (χ1n) is 7.17. The van der Waals surface area contributed by atoms with Gasteiger partial charge in [0.05, 0.1) is 19.8 Å². The van der Waals surface area contributed by atoms with Crippen LogP contribution in [-0.4, -0.2) is 38.6 Å². The Balaban J connectivity index is 1.99. The summed E-state index contributed by atoms with van der Waals surface area (Å²) in [6.07, 6.45) is 0.793. The number of hydrogen-bond acceptors (Lipinski definition) is 3. The molecule has 0 bridgehead atoms. The number of nitrogens with zero attached hydrogens (tertiary/aromatic N) is 1. The van der Waals surface area contributed by atoms with Crippen LogP contribution in [0.15, 0.2) is 48.5 Å². The fourth-order valence-corrected chi connectivity index (χ4v) is 2.22. The highest BCUT2D eigenvalue weighted by Gasteiger charge is 2.15. The lowest BCUT2D eigenvalue weighted by molar-refractivity contribution is 0.0793. The maximum Gasteiger partial charge on any atom is 0.257 e. The molecule has 0 aromatic heterocycles. The molecule has 0 heterocycles. The number of methoxy groups -OCH3 is 2. The van der Waals surface area contributed by atoms with Crippen molar-refractivity contribution in [3.05, 3.63) is 59.7 Å². The molecular weight excluding hydrogens is 278 g/mol. The Morgan fingerprint density at radius 3 is 2.32 bits per heavy atom. The topological polar surface area (TPSA) is 38.8 Å². The Bertz CT molecular complexity index is 622. The van der Waals surface area contributed by atoms with Crippen LogP contribution in [0.2, 0.25) is 0 Å². The van der Waals surface area contributed by atoms with Crippen LogP contribution in [0, 0.1) is 0 Å². The zero-order chi connectivity index (χ0) is 15.9. The van der Waals surface area contributed by atoms with Crippen LogP contribution >= 0.6 is 0 Å². The van der Waals surface area contributed by atoms with Gasteiger partial charge < -0.3 is 14.4 Å². The summed E-state index contributed by atoms with van der Waals surface area (Å²) in [6, 6.07) is 15.2. The van der Waals surface area contributed by atoms with Crippen molar-refractivity contribution in [2.45, 2.75) is 6.42 Å². The minimum absolute atomic E-state index is 0.0361. The molecule has 0 saturated carbocycles. The number of para-hydroxylation sites is 1. The minimum Gasteiger partial charge on any atom is -0.497 e. The summed E-state index contributed by atoms with van der Waals surface area (Å²) >= 11 is 0. The summed E-state index contributed by atoms with van der Waals surface area (Å²) in [7, 11) is 5.02. The molecule has 0 N–H and O–H groups in total. The largest absolute Gasteiger partial charge is 0.497 e. The molecule has 0 aliphatic heterocycles. The first-order valence-corrected chi connectivity index (χ1v) is 7.17. The molecule has 0 aliphatic carbocycles. The average molecular weight is 299 g/mol. The van der Waals surface area contributed by atoms with E-state index in [2.05, 4.69) is 0 Å². The second-order valence-corrected chi connectivity index (χ2v) is 5.03. The van der Waals surface area contributed by atoms with Crippen LogP contribution in [0.1, 0.15) is 15.9 Å². The second kappa shape index (κ2) is 7.50. The van der Waals surface area contributed by atoms with Gasteiger partial charge in [-0.2, -0.15) is 0 Å². The lowest BCUT2D eigenvalue weighted by Crippen LogP contribution is -2.29. The SMILES string of the molecule is COc1ccc(CCN(C)C(=O)c2ccccc2OC)cc1. The Kier molecular flexibility index (Phi) is 5.42. The summed E-state index contributed by atoms with van der Waals surface area (Å²) in [6.45, 7) is 0.642. The molecular formula is C18H21NO3. The van der Waals surface area contributed by atoms with Crippen LogP contribution in [-0.2, 0) is 6.42 Å². The van der Waals surface area contributed by atoms with Gasteiger partial charge in [-0.3, -0.25) is 4.79 Å². The molecule has 0 fully saturated rings. The van der Waals surface area contributed by atoms with E-state index in [1.54, 1.807) is 38.3 Å². The van der Waals surface area contributed by atoms with Crippen LogP contribution in [0.5, 0.6) is 11.5 Å². The monoisotopic (exact) mass is 299 g/mol. The van der Waals surface area contributed by atoms with Gasteiger partial charge in [-0.15, -0.1) is 0 Å². The quantitative estimate of drug-likeness (QED) is 0.823. The minimum atomic E-state index is -0.0361. The van der Waals surface area contributed by atoms with Crippen molar-refractivity contribution in [2.75, 3.05) is 27.8 Å². The third-order valence-corrected chi connectivity index (χ3v) is 3.58. The molecule has 2 aromatic rings. The first-order chi connectivity index (χ1) is 10.7. The van der Waals surface area contributed by atoms with Crippen LogP contribution < -0.4 is 9.47 Å². The first kappa shape index (κ1) is 15.9. The van der Waals surface area contributed by atoms with Crippen LogP contribution in [0.4, 0.5) is 0 Å². The number of hydrogen-bond donors (Lipinski definition) is 0. The van der Waals surface area contributed by atoms with Gasteiger partial charge in [-0.1, -0.05) is 24.3 Å². The average Bonchev–Trinajstić information content (AvgIpc) is 2.59. The number of amides is 1. The van der Waals surface area contributed by atoms with E-state index in [1.807, 2.05) is 36.4 Å². The van der Waals surface area contributed by atoms with Crippen molar-refractivity contribution in [1.29, 1.82) is 0 Å². The summed E-state index contributed by atoms with van der Waals surface area (Å²) in [4.78, 5) is 14.2. The van der Waals surface area contributed by atoms with Gasteiger partial charge in [0.2, 0.25) is 0 Å². The highest BCUT2D eigenvalue weighted by molar-refractivity contribution is 5.96. The Hall–Kier alpha value is -2.49. The molecule has 2 rings (SSSR count). The van der Waals surface area contributed by atoms with Crippen LogP contribution in [0.25, 0.3) is 0 Å². The third kappa shape index (κ3) is 3.79. The van der Waals surface area contributed by atoms with Crippen LogP contribution in [0.3, 0.4) is 0 Å². The molecule has 4 heteroatoms. The van der Waals surface area contributed by atoms with Gasteiger partial charge in [-0.25, -0.2) is 0 Å². The van der Waals surface area contributed by atoms with E-state index in [0.717, 1.165) is 12.2 Å². The predicted molar refractivity (Wildman–Crippen MR) is 86.7 cm³/mol. The fourth-order valence-electron chi connectivity index (χ4n) is 2.22. The number of benzene rings is 2. The van der Waals surface area contributed by atoms with Gasteiger partial charge in [0.25, 0.3) is 5.91 Å². The van der Waals surface area contributed by atoms with Crippen molar-refractivity contribution in [2.24, 2.45) is 0 Å². The van der Waals surface area contributed by atoms with E-state index in [-0.39, 0.29) is 5.91 Å². The van der Waals surface area contributed by atoms with Gasteiger partial charge in [0, 0.05) is 13.6 Å². The molecule has 116 valence electrons. The van der Waals surface area contributed by atoms with Gasteiger partial charge in [-0.05, 0) is 36.2 Å². The van der Waals surface area contributed by atoms with Crippen molar-refractivity contribution in [3.8, 4) is 11.5 Å². The molecule has 0 saturated heterocycles. The molecule has 4 nitrogen and oxygen atoms in total. The number of carbonyl (C=O) groups excluding carboxylic acids is 1. The normalized spacial score (nSPS) is 10.1. The molecule has 0 spiro atoms. The maximum absolute atomic E-state index is 12.5. The lowest BCUT2D eigenvalue weighted by Gasteiger charge is -2.18. The lowest BCUT2D eigenvalue weighted by atomic mass is 10.1. The van der Waals surface area contributed by atoms with Gasteiger partial charge in [0.15, 0.2) is 0 Å². The molecule has 1 amide bonds. The van der Waals surface area contributed by atoms with Gasteiger partial charge >= 0.3 is 0 Å². The summed E-state index contributed by atoms with van der Waals surface area (Å²) in [5.74, 6) is 1.40. The standard InChI is InChI=1S/C18H21NO3/c1-19(13-12-14-8-10-15(21-2)11-9-14)18(20)16-6-4-5-7-17(16)22-3/h4-11H,12-13H2,1-3H3. The molecule has 0 aliphatic rings. The number of rotatable bonds is 6. The molecule has 22 heavy (non-hydrogen) atoms. The van der Waals surface area contributed by atoms with Gasteiger partial charge in [0.1, 0.15) is 11.5 Å². The molecule has 2 aromatic carbocycles. The van der Waals surface area contributed by atoms with E-state index in [0.29, 0.717) is 17.9 Å². The van der Waals surface area contributed by atoms with E-state index in [4.69, 9.17) is 9.47 Å². The van der Waals surface area contributed by atoms with Crippen molar-refractivity contribution in [3.63, 3.8) is 0 Å². The number of likely N-dealkylation sites (N-methyl/N-ethyl adjacent to an activating group) is 1. The van der Waals surface area contributed by atoms with Crippen molar-refractivity contribution >= 4 is 5.91 Å². The Morgan fingerprint density at radius 1 is 1.00 bits per heavy atom. The zero-order valence-electron chi connectivity index (χ0n) is 13.2. The third-order valence-electron chi connectivity index (χ3n) is 3.58. The summed E-state index contributed by atoms with van der Waals surface area (Å²) in [5.41, 5.74) is 1.75. The fraction of sp³-hybridized carbons (Fsp3) is 0.278. The Labute approximate surface area is 131 Å². The number of ether oxygens (including phenoxy) is 2. The van der Waals surface area contributed by atoms with Crippen molar-refractivity contribution < 1.29 is 14.3 Å². The highest BCUT2D eigenvalue weighted by Crippen LogP contribution is 2.19. The summed E-state index contributed by atoms with van der Waals surface area (Å²) in [5, 5.41) is 0. The molecule has 0 radical (unpaired) electrons. The van der Waals surface area contributed by atoms with Crippen molar-refractivity contribution in [1.82, 2.24) is 4.90 Å². The van der Waals surface area contributed by atoms with E-state index in [9.17, 15) is 4.79 Å².